The molecule has 18 heavy (non-hydrogen) atoms. The number of rotatable bonds is 2. The molecule has 1 aromatic rings. The Labute approximate surface area is 115 Å². The van der Waals surface area contributed by atoms with Gasteiger partial charge in [-0.05, 0) is 24.2 Å². The maximum Gasteiger partial charge on any atom is 0.138 e. The molecule has 1 saturated heterocycles. The first-order chi connectivity index (χ1) is 8.41. The lowest BCUT2D eigenvalue weighted by Crippen LogP contribution is -2.38. The predicted molar refractivity (Wildman–Crippen MR) is 76.4 cm³/mol. The van der Waals surface area contributed by atoms with Crippen molar-refractivity contribution in [2.75, 3.05) is 18.0 Å². The number of halogens is 1. The Morgan fingerprint density at radius 1 is 1.22 bits per heavy atom. The highest BCUT2D eigenvalue weighted by Crippen LogP contribution is 2.35. The number of aromatic nitrogens is 2. The molecule has 0 radical (unpaired) electrons. The van der Waals surface area contributed by atoms with E-state index in [1.807, 2.05) is 0 Å². The minimum absolute atomic E-state index is 0.351. The van der Waals surface area contributed by atoms with Crippen LogP contribution in [0.15, 0.2) is 6.33 Å². The molecular weight excluding hydrogens is 246 g/mol. The summed E-state index contributed by atoms with van der Waals surface area (Å²) in [5.74, 6) is 1.38. The molecule has 0 spiro atoms. The molecule has 1 aliphatic rings. The third-order valence-electron chi connectivity index (χ3n) is 3.81. The zero-order chi connectivity index (χ0) is 13.3. The zero-order valence-corrected chi connectivity index (χ0v) is 12.5. The molecule has 0 atom stereocenters. The minimum atomic E-state index is 0.351. The normalized spacial score (nSPS) is 19.3. The van der Waals surface area contributed by atoms with Crippen molar-refractivity contribution in [3.8, 4) is 0 Å². The Morgan fingerprint density at radius 2 is 1.83 bits per heavy atom. The fourth-order valence-electron chi connectivity index (χ4n) is 2.44. The summed E-state index contributed by atoms with van der Waals surface area (Å²) in [6, 6.07) is 0. The fraction of sp³-hybridized carbons (Fsp3) is 0.714. The van der Waals surface area contributed by atoms with Gasteiger partial charge >= 0.3 is 0 Å². The standard InChI is InChI=1S/C14H22ClN3/c1-10(2)11-12(15)16-9-17-13(11)18-7-5-14(3,4)6-8-18/h9-10H,5-8H2,1-4H3. The van der Waals surface area contributed by atoms with Crippen molar-refractivity contribution < 1.29 is 0 Å². The maximum absolute atomic E-state index is 6.22. The van der Waals surface area contributed by atoms with Gasteiger partial charge in [0.15, 0.2) is 0 Å². The Bertz CT molecular complexity index is 419. The van der Waals surface area contributed by atoms with E-state index in [4.69, 9.17) is 11.6 Å². The second-order valence-electron chi connectivity index (χ2n) is 6.21. The third kappa shape index (κ3) is 2.77. The number of piperidine rings is 1. The van der Waals surface area contributed by atoms with Gasteiger partial charge in [0.1, 0.15) is 17.3 Å². The largest absolute Gasteiger partial charge is 0.356 e. The average molecular weight is 268 g/mol. The lowest BCUT2D eigenvalue weighted by Gasteiger charge is -2.38. The Hall–Kier alpha value is -0.830. The van der Waals surface area contributed by atoms with Crippen LogP contribution in [0.5, 0.6) is 0 Å². The van der Waals surface area contributed by atoms with E-state index in [9.17, 15) is 0 Å². The van der Waals surface area contributed by atoms with Crippen LogP contribution in [-0.4, -0.2) is 23.1 Å². The van der Waals surface area contributed by atoms with Crippen molar-refractivity contribution >= 4 is 17.4 Å². The molecule has 1 aromatic heterocycles. The van der Waals surface area contributed by atoms with Gasteiger partial charge < -0.3 is 4.90 Å². The minimum Gasteiger partial charge on any atom is -0.356 e. The molecule has 0 aromatic carbocycles. The Balaban J connectivity index is 2.27. The molecule has 3 nitrogen and oxygen atoms in total. The second-order valence-corrected chi connectivity index (χ2v) is 6.57. The second kappa shape index (κ2) is 5.04. The van der Waals surface area contributed by atoms with Crippen LogP contribution in [0.2, 0.25) is 5.15 Å². The molecule has 0 amide bonds. The summed E-state index contributed by atoms with van der Waals surface area (Å²) in [6.45, 7) is 11.1. The van der Waals surface area contributed by atoms with E-state index in [0.717, 1.165) is 24.5 Å². The molecule has 2 rings (SSSR count). The SMILES string of the molecule is CC(C)c1c(Cl)ncnc1N1CCC(C)(C)CC1. The molecule has 2 heterocycles. The first-order valence-corrected chi connectivity index (χ1v) is 7.04. The van der Waals surface area contributed by atoms with Gasteiger partial charge in [-0.2, -0.15) is 0 Å². The number of hydrogen-bond acceptors (Lipinski definition) is 3. The predicted octanol–water partition coefficient (Wildman–Crippen LogP) is 3.88. The van der Waals surface area contributed by atoms with Crippen molar-refractivity contribution in [2.24, 2.45) is 5.41 Å². The van der Waals surface area contributed by atoms with Crippen LogP contribution >= 0.6 is 11.6 Å². The van der Waals surface area contributed by atoms with E-state index in [-0.39, 0.29) is 0 Å². The van der Waals surface area contributed by atoms with E-state index in [0.29, 0.717) is 16.5 Å². The lowest BCUT2D eigenvalue weighted by molar-refractivity contribution is 0.279. The van der Waals surface area contributed by atoms with E-state index < -0.39 is 0 Å². The zero-order valence-electron chi connectivity index (χ0n) is 11.7. The van der Waals surface area contributed by atoms with E-state index in [1.54, 1.807) is 6.33 Å². The summed E-state index contributed by atoms with van der Waals surface area (Å²) in [7, 11) is 0. The molecule has 0 unspecified atom stereocenters. The van der Waals surface area contributed by atoms with Gasteiger partial charge in [-0.25, -0.2) is 9.97 Å². The Morgan fingerprint density at radius 3 is 2.39 bits per heavy atom. The number of hydrogen-bond donors (Lipinski definition) is 0. The molecule has 4 heteroatoms. The lowest BCUT2D eigenvalue weighted by atomic mass is 9.82. The quantitative estimate of drug-likeness (QED) is 0.762. The van der Waals surface area contributed by atoms with Crippen LogP contribution in [0, 0.1) is 5.41 Å². The summed E-state index contributed by atoms with van der Waals surface area (Å²) < 4.78 is 0. The van der Waals surface area contributed by atoms with Crippen molar-refractivity contribution in [3.63, 3.8) is 0 Å². The van der Waals surface area contributed by atoms with Crippen LogP contribution < -0.4 is 4.90 Å². The highest BCUT2D eigenvalue weighted by molar-refractivity contribution is 6.30. The number of nitrogens with zero attached hydrogens (tertiary/aromatic N) is 3. The average Bonchev–Trinajstić information content (AvgIpc) is 2.28. The summed E-state index contributed by atoms with van der Waals surface area (Å²) >= 11 is 6.22. The van der Waals surface area contributed by atoms with Gasteiger partial charge in [0.25, 0.3) is 0 Å². The molecular formula is C14H22ClN3. The van der Waals surface area contributed by atoms with Crippen LogP contribution in [0.4, 0.5) is 5.82 Å². The van der Waals surface area contributed by atoms with Crippen LogP contribution in [0.1, 0.15) is 52.0 Å². The topological polar surface area (TPSA) is 29.0 Å². The summed E-state index contributed by atoms with van der Waals surface area (Å²) in [5.41, 5.74) is 1.53. The van der Waals surface area contributed by atoms with Crippen LogP contribution in [0.25, 0.3) is 0 Å². The Kier molecular flexibility index (Phi) is 3.81. The van der Waals surface area contributed by atoms with Crippen LogP contribution in [-0.2, 0) is 0 Å². The van der Waals surface area contributed by atoms with Crippen molar-refractivity contribution in [3.05, 3.63) is 17.0 Å². The van der Waals surface area contributed by atoms with Gasteiger partial charge in [-0.1, -0.05) is 39.3 Å². The summed E-state index contributed by atoms with van der Waals surface area (Å²) in [4.78, 5) is 10.9. The van der Waals surface area contributed by atoms with Crippen LogP contribution in [0.3, 0.4) is 0 Å². The highest BCUT2D eigenvalue weighted by atomic mass is 35.5. The van der Waals surface area contributed by atoms with Crippen molar-refractivity contribution in [1.29, 1.82) is 0 Å². The molecule has 0 N–H and O–H groups in total. The smallest absolute Gasteiger partial charge is 0.138 e. The van der Waals surface area contributed by atoms with E-state index >= 15 is 0 Å². The van der Waals surface area contributed by atoms with Gasteiger partial charge in [-0.3, -0.25) is 0 Å². The molecule has 1 fully saturated rings. The molecule has 0 aliphatic carbocycles. The first-order valence-electron chi connectivity index (χ1n) is 6.66. The van der Waals surface area contributed by atoms with Crippen molar-refractivity contribution in [2.45, 2.75) is 46.5 Å². The van der Waals surface area contributed by atoms with E-state index in [2.05, 4.69) is 42.6 Å². The highest BCUT2D eigenvalue weighted by Gasteiger charge is 2.28. The molecule has 100 valence electrons. The molecule has 1 aliphatic heterocycles. The summed E-state index contributed by atoms with van der Waals surface area (Å²) in [5, 5.41) is 0.597. The summed E-state index contributed by atoms with van der Waals surface area (Å²) in [6.07, 6.45) is 3.97. The van der Waals surface area contributed by atoms with Gasteiger partial charge in [0.05, 0.1) is 0 Å². The maximum atomic E-state index is 6.22. The molecule has 0 saturated carbocycles. The molecule has 0 bridgehead atoms. The van der Waals surface area contributed by atoms with Gasteiger partial charge in [0, 0.05) is 18.7 Å². The van der Waals surface area contributed by atoms with Crippen molar-refractivity contribution in [1.82, 2.24) is 9.97 Å². The monoisotopic (exact) mass is 267 g/mol. The van der Waals surface area contributed by atoms with E-state index in [1.165, 1.54) is 12.8 Å². The third-order valence-corrected chi connectivity index (χ3v) is 4.11. The van der Waals surface area contributed by atoms with Gasteiger partial charge in [0.2, 0.25) is 0 Å². The number of anilines is 1. The fourth-order valence-corrected chi connectivity index (χ4v) is 2.78. The first kappa shape index (κ1) is 13.6. The van der Waals surface area contributed by atoms with Gasteiger partial charge in [-0.15, -0.1) is 0 Å².